The molecular weight excluding hydrogens is 472 g/mol. The van der Waals surface area contributed by atoms with E-state index in [9.17, 15) is 9.90 Å². The van der Waals surface area contributed by atoms with Crippen LogP contribution in [0, 0.1) is 6.92 Å². The third-order valence-corrected chi connectivity index (χ3v) is 7.02. The number of benzene rings is 4. The summed E-state index contributed by atoms with van der Waals surface area (Å²) in [5, 5.41) is 9.59. The van der Waals surface area contributed by atoms with Crippen molar-refractivity contribution in [2.24, 2.45) is 0 Å². The summed E-state index contributed by atoms with van der Waals surface area (Å²) in [5.41, 5.74) is 9.27. The number of aromatic carboxylic acids is 1. The molecule has 0 fully saturated rings. The van der Waals surface area contributed by atoms with E-state index in [1.165, 1.54) is 0 Å². The molecule has 0 aliphatic carbocycles. The zero-order valence-corrected chi connectivity index (χ0v) is 21.4. The highest BCUT2D eigenvalue weighted by atomic mass is 16.4. The van der Waals surface area contributed by atoms with Gasteiger partial charge in [-0.2, -0.15) is 0 Å². The lowest BCUT2D eigenvalue weighted by atomic mass is 9.98. The summed E-state index contributed by atoms with van der Waals surface area (Å²) in [4.78, 5) is 25.0. The highest BCUT2D eigenvalue weighted by Crippen LogP contribution is 2.30. The van der Waals surface area contributed by atoms with Gasteiger partial charge in [-0.05, 0) is 65.9 Å². The van der Waals surface area contributed by atoms with Gasteiger partial charge in [-0.3, -0.25) is 0 Å². The topological polar surface area (TPSA) is 83.8 Å². The number of hydrogen-bond donors (Lipinski definition) is 2. The standard InChI is InChI=1S/C32H28N4O2/c1-3-8-29-35-30-20(2)17-23(31-33-26-11-6-7-12-27(26)34-31)18-28(30)36(29)19-21-13-15-22(16-14-21)24-9-4-5-10-25(24)32(37)38/h4-7,9-18H,3,8,19H2,1-2H3,(H,33,34)(H,37,38). The van der Waals surface area contributed by atoms with Crippen LogP contribution in [0.4, 0.5) is 0 Å². The molecule has 0 unspecified atom stereocenters. The second kappa shape index (κ2) is 9.63. The molecule has 6 rings (SSSR count). The van der Waals surface area contributed by atoms with Crippen LogP contribution in [0.15, 0.2) is 84.9 Å². The molecule has 0 amide bonds. The smallest absolute Gasteiger partial charge is 0.336 e. The van der Waals surface area contributed by atoms with E-state index in [1.54, 1.807) is 12.1 Å². The first-order valence-electron chi connectivity index (χ1n) is 12.9. The lowest BCUT2D eigenvalue weighted by molar-refractivity contribution is 0.0697. The van der Waals surface area contributed by atoms with Gasteiger partial charge in [0.15, 0.2) is 0 Å². The van der Waals surface area contributed by atoms with Gasteiger partial charge >= 0.3 is 5.97 Å². The van der Waals surface area contributed by atoms with E-state index in [0.29, 0.717) is 12.1 Å². The van der Waals surface area contributed by atoms with Gasteiger partial charge in [-0.25, -0.2) is 14.8 Å². The Hall–Kier alpha value is -4.71. The molecule has 0 aliphatic rings. The molecule has 0 spiro atoms. The number of carboxylic acids is 1. The average molecular weight is 501 g/mol. The Morgan fingerprint density at radius 1 is 0.921 bits per heavy atom. The number of hydrogen-bond acceptors (Lipinski definition) is 3. The van der Waals surface area contributed by atoms with Crippen LogP contribution >= 0.6 is 0 Å². The maximum atomic E-state index is 11.7. The Morgan fingerprint density at radius 2 is 1.68 bits per heavy atom. The molecule has 38 heavy (non-hydrogen) atoms. The largest absolute Gasteiger partial charge is 0.478 e. The lowest BCUT2D eigenvalue weighted by Gasteiger charge is -2.12. The molecule has 2 aromatic heterocycles. The van der Waals surface area contributed by atoms with Gasteiger partial charge in [-0.15, -0.1) is 0 Å². The van der Waals surface area contributed by atoms with Crippen molar-refractivity contribution in [3.05, 3.63) is 107 Å². The van der Waals surface area contributed by atoms with Gasteiger partial charge in [0.1, 0.15) is 11.6 Å². The van der Waals surface area contributed by atoms with Gasteiger partial charge < -0.3 is 14.7 Å². The summed E-state index contributed by atoms with van der Waals surface area (Å²) in [6.07, 6.45) is 1.89. The van der Waals surface area contributed by atoms with E-state index < -0.39 is 5.97 Å². The summed E-state index contributed by atoms with van der Waals surface area (Å²) >= 11 is 0. The second-order valence-electron chi connectivity index (χ2n) is 9.68. The first kappa shape index (κ1) is 23.7. The number of rotatable bonds is 7. The quantitative estimate of drug-likeness (QED) is 0.242. The lowest BCUT2D eigenvalue weighted by Crippen LogP contribution is -2.05. The highest BCUT2D eigenvalue weighted by Gasteiger charge is 2.16. The van der Waals surface area contributed by atoms with Gasteiger partial charge in [0, 0.05) is 18.5 Å². The molecule has 0 radical (unpaired) electrons. The maximum absolute atomic E-state index is 11.7. The molecule has 6 heteroatoms. The zero-order chi connectivity index (χ0) is 26.2. The molecule has 0 saturated carbocycles. The predicted octanol–water partition coefficient (Wildman–Crippen LogP) is 7.25. The minimum Gasteiger partial charge on any atom is -0.478 e. The number of aryl methyl sites for hydroxylation is 2. The highest BCUT2D eigenvalue weighted by molar-refractivity contribution is 5.96. The number of para-hydroxylation sites is 2. The van der Waals surface area contributed by atoms with Gasteiger partial charge in [0.25, 0.3) is 0 Å². The monoisotopic (exact) mass is 500 g/mol. The molecular formula is C32H28N4O2. The van der Waals surface area contributed by atoms with Crippen molar-refractivity contribution < 1.29 is 9.90 Å². The first-order chi connectivity index (χ1) is 18.5. The number of nitrogens with one attached hydrogen (secondary N) is 1. The second-order valence-corrected chi connectivity index (χ2v) is 9.68. The number of imidazole rings is 2. The van der Waals surface area contributed by atoms with E-state index >= 15 is 0 Å². The summed E-state index contributed by atoms with van der Waals surface area (Å²) < 4.78 is 2.30. The van der Waals surface area contributed by atoms with Crippen molar-refractivity contribution >= 4 is 28.0 Å². The van der Waals surface area contributed by atoms with Gasteiger partial charge in [0.2, 0.25) is 0 Å². The first-order valence-corrected chi connectivity index (χ1v) is 12.9. The van der Waals surface area contributed by atoms with Crippen LogP contribution in [0.2, 0.25) is 0 Å². The van der Waals surface area contributed by atoms with Gasteiger partial charge in [-0.1, -0.05) is 61.5 Å². The fourth-order valence-corrected chi connectivity index (χ4v) is 5.15. The Morgan fingerprint density at radius 3 is 2.45 bits per heavy atom. The van der Waals surface area contributed by atoms with Crippen molar-refractivity contribution in [2.45, 2.75) is 33.2 Å². The molecule has 0 aliphatic heterocycles. The number of carboxylic acid groups (broad SMARTS) is 1. The number of carbonyl (C=O) groups is 1. The van der Waals surface area contributed by atoms with E-state index in [2.05, 4.69) is 47.7 Å². The predicted molar refractivity (Wildman–Crippen MR) is 151 cm³/mol. The van der Waals surface area contributed by atoms with Crippen molar-refractivity contribution in [1.82, 2.24) is 19.5 Å². The Kier molecular flexibility index (Phi) is 6.00. The average Bonchev–Trinajstić information content (AvgIpc) is 3.51. The molecule has 2 heterocycles. The molecule has 0 atom stereocenters. The normalized spacial score (nSPS) is 11.4. The SMILES string of the molecule is CCCc1nc2c(C)cc(-c3nc4ccccc4[nH]3)cc2n1Cc1ccc(-c2ccccc2C(=O)O)cc1. The number of fused-ring (bicyclic) bond motifs is 2. The van der Waals surface area contributed by atoms with Crippen LogP contribution < -0.4 is 0 Å². The minimum atomic E-state index is -0.922. The van der Waals surface area contributed by atoms with Crippen LogP contribution in [0.25, 0.3) is 44.6 Å². The summed E-state index contributed by atoms with van der Waals surface area (Å²) in [6.45, 7) is 4.96. The van der Waals surface area contributed by atoms with Crippen LogP contribution in [0.3, 0.4) is 0 Å². The summed E-state index contributed by atoms with van der Waals surface area (Å²) in [6, 6.07) is 27.7. The van der Waals surface area contributed by atoms with Crippen LogP contribution in [-0.4, -0.2) is 30.6 Å². The van der Waals surface area contributed by atoms with Crippen molar-refractivity contribution in [2.75, 3.05) is 0 Å². The van der Waals surface area contributed by atoms with Crippen molar-refractivity contribution in [1.29, 1.82) is 0 Å². The number of H-pyrrole nitrogens is 1. The molecule has 4 aromatic carbocycles. The third kappa shape index (κ3) is 4.24. The molecule has 0 saturated heterocycles. The maximum Gasteiger partial charge on any atom is 0.336 e. The van der Waals surface area contributed by atoms with Crippen molar-refractivity contribution in [3.8, 4) is 22.5 Å². The number of aromatic nitrogens is 4. The van der Waals surface area contributed by atoms with E-state index in [1.807, 2.05) is 48.5 Å². The number of aromatic amines is 1. The molecule has 6 aromatic rings. The van der Waals surface area contributed by atoms with Crippen LogP contribution in [0.1, 0.15) is 40.7 Å². The molecule has 0 bridgehead atoms. The van der Waals surface area contributed by atoms with Crippen LogP contribution in [-0.2, 0) is 13.0 Å². The zero-order valence-electron chi connectivity index (χ0n) is 21.4. The fraction of sp³-hybridized carbons (Fsp3) is 0.156. The number of nitrogens with zero attached hydrogens (tertiary/aromatic N) is 3. The van der Waals surface area contributed by atoms with E-state index in [-0.39, 0.29) is 0 Å². The van der Waals surface area contributed by atoms with Crippen molar-refractivity contribution in [3.63, 3.8) is 0 Å². The molecule has 188 valence electrons. The van der Waals surface area contributed by atoms with E-state index in [0.717, 1.165) is 74.4 Å². The minimum absolute atomic E-state index is 0.305. The van der Waals surface area contributed by atoms with E-state index in [4.69, 9.17) is 9.97 Å². The molecule has 2 N–H and O–H groups in total. The summed E-state index contributed by atoms with van der Waals surface area (Å²) in [7, 11) is 0. The summed E-state index contributed by atoms with van der Waals surface area (Å²) in [5.74, 6) is 0.990. The third-order valence-electron chi connectivity index (χ3n) is 7.02. The Bertz CT molecular complexity index is 1760. The Balaban J connectivity index is 1.40. The molecule has 6 nitrogen and oxygen atoms in total. The van der Waals surface area contributed by atoms with Gasteiger partial charge in [0.05, 0.1) is 27.6 Å². The van der Waals surface area contributed by atoms with Crippen LogP contribution in [0.5, 0.6) is 0 Å². The Labute approximate surface area is 220 Å². The fourth-order valence-electron chi connectivity index (χ4n) is 5.15.